The Morgan fingerprint density at radius 1 is 1.24 bits per heavy atom. The topological polar surface area (TPSA) is 66.4 Å². The Kier molecular flexibility index (Phi) is 6.77. The number of rotatable bonds is 7. The van der Waals surface area contributed by atoms with Gasteiger partial charge in [-0.15, -0.1) is 11.6 Å². The Bertz CT molecular complexity index is 308. The molecule has 0 aromatic carbocycles. The summed E-state index contributed by atoms with van der Waals surface area (Å²) in [5.41, 5.74) is 0. The van der Waals surface area contributed by atoms with Gasteiger partial charge in [-0.3, -0.25) is 0 Å². The van der Waals surface area contributed by atoms with Crippen LogP contribution in [0.25, 0.3) is 0 Å². The Labute approximate surface area is 109 Å². The van der Waals surface area contributed by atoms with Crippen LogP contribution in [0.15, 0.2) is 0 Å². The molecule has 0 spiro atoms. The zero-order valence-corrected chi connectivity index (χ0v) is 11.6. The fourth-order valence-corrected chi connectivity index (χ4v) is 3.77. The van der Waals surface area contributed by atoms with Gasteiger partial charge in [0.1, 0.15) is 0 Å². The average Bonchev–Trinajstić information content (AvgIpc) is 2.34. The minimum absolute atomic E-state index is 0.0903. The molecule has 0 aliphatic heterocycles. The van der Waals surface area contributed by atoms with Gasteiger partial charge < -0.3 is 5.11 Å². The maximum Gasteiger partial charge on any atom is 0.211 e. The zero-order chi connectivity index (χ0) is 12.7. The number of alkyl halides is 1. The number of halogens is 1. The van der Waals surface area contributed by atoms with Crippen molar-refractivity contribution in [2.75, 3.05) is 24.8 Å². The van der Waals surface area contributed by atoms with Crippen molar-refractivity contribution in [2.45, 2.75) is 32.1 Å². The Morgan fingerprint density at radius 2 is 1.88 bits per heavy atom. The second kappa shape index (κ2) is 7.56. The molecule has 102 valence electrons. The molecular formula is C11H22ClNO3S. The lowest BCUT2D eigenvalue weighted by molar-refractivity contribution is 0.136. The van der Waals surface area contributed by atoms with Crippen LogP contribution in [0, 0.1) is 11.8 Å². The van der Waals surface area contributed by atoms with Crippen molar-refractivity contribution in [3.63, 3.8) is 0 Å². The predicted molar refractivity (Wildman–Crippen MR) is 69.7 cm³/mol. The van der Waals surface area contributed by atoms with E-state index in [0.717, 1.165) is 25.7 Å². The zero-order valence-electron chi connectivity index (χ0n) is 10.1. The van der Waals surface area contributed by atoms with E-state index in [1.165, 1.54) is 0 Å². The van der Waals surface area contributed by atoms with E-state index in [9.17, 15) is 13.5 Å². The van der Waals surface area contributed by atoms with Crippen LogP contribution in [0.4, 0.5) is 0 Å². The first-order valence-corrected chi connectivity index (χ1v) is 8.42. The van der Waals surface area contributed by atoms with E-state index in [1.54, 1.807) is 0 Å². The molecule has 17 heavy (non-hydrogen) atoms. The van der Waals surface area contributed by atoms with E-state index < -0.39 is 10.0 Å². The number of sulfonamides is 1. The van der Waals surface area contributed by atoms with Crippen LogP contribution in [-0.4, -0.2) is 38.3 Å². The minimum atomic E-state index is -3.19. The van der Waals surface area contributed by atoms with E-state index in [-0.39, 0.29) is 24.2 Å². The molecule has 2 N–H and O–H groups in total. The molecule has 1 fully saturated rings. The summed E-state index contributed by atoms with van der Waals surface area (Å²) < 4.78 is 25.8. The fraction of sp³-hybridized carbons (Fsp3) is 1.00. The quantitative estimate of drug-likeness (QED) is 0.693. The molecule has 0 bridgehead atoms. The largest absolute Gasteiger partial charge is 0.396 e. The van der Waals surface area contributed by atoms with Gasteiger partial charge in [-0.1, -0.05) is 12.8 Å². The lowest BCUT2D eigenvalue weighted by Crippen LogP contribution is -2.36. The first-order chi connectivity index (χ1) is 8.09. The summed E-state index contributed by atoms with van der Waals surface area (Å²) in [7, 11) is -3.19. The molecule has 2 atom stereocenters. The molecule has 2 unspecified atom stereocenters. The number of aliphatic hydroxyl groups is 1. The summed E-state index contributed by atoms with van der Waals surface area (Å²) in [5.74, 6) is 0.982. The second-order valence-corrected chi connectivity index (χ2v) is 7.00. The molecule has 0 amide bonds. The van der Waals surface area contributed by atoms with Crippen LogP contribution < -0.4 is 4.72 Å². The van der Waals surface area contributed by atoms with Gasteiger partial charge in [-0.05, 0) is 31.1 Å². The number of nitrogens with one attached hydrogen (secondary N) is 1. The predicted octanol–water partition coefficient (Wildman–Crippen LogP) is 1.33. The van der Waals surface area contributed by atoms with Crippen molar-refractivity contribution >= 4 is 21.6 Å². The molecule has 1 aliphatic rings. The Morgan fingerprint density at radius 3 is 2.47 bits per heavy atom. The maximum absolute atomic E-state index is 11.6. The van der Waals surface area contributed by atoms with E-state index in [1.807, 2.05) is 0 Å². The monoisotopic (exact) mass is 283 g/mol. The summed E-state index contributed by atoms with van der Waals surface area (Å²) in [4.78, 5) is 0. The van der Waals surface area contributed by atoms with Gasteiger partial charge in [-0.2, -0.15) is 0 Å². The summed E-state index contributed by atoms with van der Waals surface area (Å²) >= 11 is 5.48. The molecule has 1 saturated carbocycles. The van der Waals surface area contributed by atoms with Crippen molar-refractivity contribution < 1.29 is 13.5 Å². The highest BCUT2D eigenvalue weighted by Crippen LogP contribution is 2.29. The van der Waals surface area contributed by atoms with Crippen LogP contribution in [0.2, 0.25) is 0 Å². The summed E-state index contributed by atoms with van der Waals surface area (Å²) in [6.45, 7) is 0.615. The van der Waals surface area contributed by atoms with Crippen LogP contribution in [0.1, 0.15) is 32.1 Å². The highest BCUT2D eigenvalue weighted by Gasteiger charge is 2.25. The van der Waals surface area contributed by atoms with E-state index in [4.69, 9.17) is 11.6 Å². The number of hydrogen-bond acceptors (Lipinski definition) is 3. The summed E-state index contributed by atoms with van der Waals surface area (Å²) in [6, 6.07) is 0. The molecule has 0 heterocycles. The molecule has 6 heteroatoms. The summed E-state index contributed by atoms with van der Waals surface area (Å²) in [5, 5.41) is 9.24. The first kappa shape index (κ1) is 15.2. The molecule has 1 rings (SSSR count). The van der Waals surface area contributed by atoms with Crippen molar-refractivity contribution in [3.8, 4) is 0 Å². The lowest BCUT2D eigenvalue weighted by Gasteiger charge is -2.30. The van der Waals surface area contributed by atoms with E-state index in [2.05, 4.69) is 4.72 Å². The van der Waals surface area contributed by atoms with Gasteiger partial charge in [0.25, 0.3) is 0 Å². The van der Waals surface area contributed by atoms with Gasteiger partial charge in [0.2, 0.25) is 10.0 Å². The number of aliphatic hydroxyl groups excluding tert-OH is 1. The van der Waals surface area contributed by atoms with Crippen molar-refractivity contribution in [3.05, 3.63) is 0 Å². The van der Waals surface area contributed by atoms with Crippen molar-refractivity contribution in [1.29, 1.82) is 0 Å². The van der Waals surface area contributed by atoms with Crippen LogP contribution >= 0.6 is 11.6 Å². The molecule has 0 aromatic rings. The molecule has 0 aromatic heterocycles. The van der Waals surface area contributed by atoms with Crippen LogP contribution in [0.5, 0.6) is 0 Å². The molecular weight excluding hydrogens is 262 g/mol. The SMILES string of the molecule is O=S(=O)(CCCCl)NCC1CCCCC1CO. The lowest BCUT2D eigenvalue weighted by atomic mass is 9.80. The highest BCUT2D eigenvalue weighted by molar-refractivity contribution is 7.89. The van der Waals surface area contributed by atoms with Gasteiger partial charge >= 0.3 is 0 Å². The Hall–Kier alpha value is 0.160. The van der Waals surface area contributed by atoms with Crippen molar-refractivity contribution in [1.82, 2.24) is 4.72 Å². The molecule has 1 aliphatic carbocycles. The van der Waals surface area contributed by atoms with Gasteiger partial charge in [0.05, 0.1) is 5.75 Å². The van der Waals surface area contributed by atoms with Crippen molar-refractivity contribution in [2.24, 2.45) is 11.8 Å². The minimum Gasteiger partial charge on any atom is -0.396 e. The van der Waals surface area contributed by atoms with Crippen LogP contribution in [0.3, 0.4) is 0 Å². The average molecular weight is 284 g/mol. The summed E-state index contributed by atoms with van der Waals surface area (Å²) in [6.07, 6.45) is 4.75. The third kappa shape index (κ3) is 5.55. The van der Waals surface area contributed by atoms with E-state index >= 15 is 0 Å². The molecule has 0 saturated heterocycles. The van der Waals surface area contributed by atoms with Gasteiger partial charge in [-0.25, -0.2) is 13.1 Å². The normalized spacial score (nSPS) is 26.0. The van der Waals surface area contributed by atoms with Gasteiger partial charge in [0.15, 0.2) is 0 Å². The third-order valence-corrected chi connectivity index (χ3v) is 5.11. The standard InChI is InChI=1S/C11H22ClNO3S/c12-6-3-7-17(15,16)13-8-10-4-1-2-5-11(10)9-14/h10-11,13-14H,1-9H2. The Balaban J connectivity index is 2.37. The number of hydrogen-bond donors (Lipinski definition) is 2. The highest BCUT2D eigenvalue weighted by atomic mass is 35.5. The first-order valence-electron chi connectivity index (χ1n) is 6.23. The third-order valence-electron chi connectivity index (χ3n) is 3.41. The van der Waals surface area contributed by atoms with Gasteiger partial charge in [0, 0.05) is 19.0 Å². The van der Waals surface area contributed by atoms with Crippen LogP contribution in [-0.2, 0) is 10.0 Å². The molecule has 0 radical (unpaired) electrons. The smallest absolute Gasteiger partial charge is 0.211 e. The fourth-order valence-electron chi connectivity index (χ4n) is 2.34. The maximum atomic E-state index is 11.6. The van der Waals surface area contributed by atoms with E-state index in [0.29, 0.717) is 18.8 Å². The second-order valence-electron chi connectivity index (χ2n) is 4.70. The molecule has 4 nitrogen and oxygen atoms in total.